The Balaban J connectivity index is 2.32. The van der Waals surface area contributed by atoms with E-state index in [0.717, 1.165) is 27.3 Å². The zero-order valence-corrected chi connectivity index (χ0v) is 12.4. The molecule has 0 saturated heterocycles. The number of benzene rings is 2. The first-order chi connectivity index (χ1) is 10.2. The summed E-state index contributed by atoms with van der Waals surface area (Å²) < 4.78 is 5.94. The molecule has 0 aliphatic rings. The average Bonchev–Trinajstić information content (AvgIpc) is 2.81. The summed E-state index contributed by atoms with van der Waals surface area (Å²) in [4.78, 5) is 0. The second-order valence-corrected chi connectivity index (χ2v) is 5.18. The van der Waals surface area contributed by atoms with Gasteiger partial charge in [-0.3, -0.25) is 0 Å². The second-order valence-electron chi connectivity index (χ2n) is 5.18. The Kier molecular flexibility index (Phi) is 3.49. The number of fused-ring (bicyclic) bond motifs is 1. The zero-order chi connectivity index (χ0) is 14.8. The number of rotatable bonds is 2. The van der Waals surface area contributed by atoms with Gasteiger partial charge in [-0.15, -0.1) is 0 Å². The van der Waals surface area contributed by atoms with Crippen molar-refractivity contribution in [1.29, 1.82) is 0 Å². The van der Waals surface area contributed by atoms with Gasteiger partial charge in [0.15, 0.2) is 0 Å². The molecule has 3 aromatic rings. The van der Waals surface area contributed by atoms with Crippen molar-refractivity contribution in [1.82, 2.24) is 0 Å². The van der Waals surface area contributed by atoms with E-state index in [1.165, 1.54) is 5.56 Å². The molecule has 1 heterocycles. The molecule has 3 rings (SSSR count). The van der Waals surface area contributed by atoms with Gasteiger partial charge in [0.2, 0.25) is 0 Å². The lowest BCUT2D eigenvalue weighted by molar-refractivity contribution is 0.578. The number of hydrogen-bond donors (Lipinski definition) is 0. The minimum atomic E-state index is 0.711. The summed E-state index contributed by atoms with van der Waals surface area (Å²) in [6, 6.07) is 14.7. The molecule has 0 fully saturated rings. The molecule has 0 atom stereocenters. The number of hydrogen-bond acceptors (Lipinski definition) is 1. The smallest absolute Gasteiger partial charge is 0.143 e. The third kappa shape index (κ3) is 2.43. The molecule has 2 aromatic carbocycles. The van der Waals surface area contributed by atoms with E-state index in [4.69, 9.17) is 4.42 Å². The van der Waals surface area contributed by atoms with E-state index in [1.54, 1.807) is 0 Å². The first-order valence-corrected chi connectivity index (χ1v) is 7.11. The quantitative estimate of drug-likeness (QED) is 0.683. The van der Waals surface area contributed by atoms with Gasteiger partial charge in [-0.05, 0) is 19.4 Å². The van der Waals surface area contributed by atoms with Crippen molar-refractivity contribution >= 4 is 23.6 Å². The molecular formula is C20H18O. The molecule has 0 radical (unpaired) electrons. The maximum Gasteiger partial charge on any atom is 0.143 e. The molecule has 104 valence electrons. The SMILES string of the molecule is C=c1oc2c(-c3ccc(C)cc3)cccc2/c1=C/C=C\C. The maximum absolute atomic E-state index is 5.94. The lowest BCUT2D eigenvalue weighted by atomic mass is 10.0. The van der Waals surface area contributed by atoms with Gasteiger partial charge in [-0.2, -0.15) is 0 Å². The first kappa shape index (κ1) is 13.4. The van der Waals surface area contributed by atoms with Crippen molar-refractivity contribution in [3.8, 4) is 11.1 Å². The van der Waals surface area contributed by atoms with Crippen LogP contribution in [0.5, 0.6) is 0 Å². The molecule has 1 nitrogen and oxygen atoms in total. The summed E-state index contributed by atoms with van der Waals surface area (Å²) in [5.74, 6) is 0. The van der Waals surface area contributed by atoms with Crippen LogP contribution in [0.1, 0.15) is 12.5 Å². The second kappa shape index (κ2) is 5.45. The summed E-state index contributed by atoms with van der Waals surface area (Å²) >= 11 is 0. The minimum Gasteiger partial charge on any atom is -0.456 e. The molecule has 0 spiro atoms. The zero-order valence-electron chi connectivity index (χ0n) is 12.4. The molecule has 1 heteroatoms. The molecule has 0 unspecified atom stereocenters. The molecule has 0 N–H and O–H groups in total. The number of allylic oxidation sites excluding steroid dienone is 2. The van der Waals surface area contributed by atoms with Crippen LogP contribution < -0.4 is 10.6 Å². The van der Waals surface area contributed by atoms with Crippen molar-refractivity contribution < 1.29 is 4.42 Å². The molecule has 0 amide bonds. The lowest BCUT2D eigenvalue weighted by Gasteiger charge is -2.03. The van der Waals surface area contributed by atoms with Crippen LogP contribution in [-0.4, -0.2) is 0 Å². The van der Waals surface area contributed by atoms with E-state index in [2.05, 4.69) is 56.0 Å². The molecule has 1 aromatic heterocycles. The Hall–Kier alpha value is -2.54. The van der Waals surface area contributed by atoms with Crippen LogP contribution in [0.3, 0.4) is 0 Å². The molecular weight excluding hydrogens is 256 g/mol. The highest BCUT2D eigenvalue weighted by Gasteiger charge is 2.08. The van der Waals surface area contributed by atoms with Gasteiger partial charge in [-0.1, -0.05) is 72.8 Å². The fourth-order valence-electron chi connectivity index (χ4n) is 2.52. The van der Waals surface area contributed by atoms with Crippen LogP contribution in [0.4, 0.5) is 0 Å². The summed E-state index contributed by atoms with van der Waals surface area (Å²) in [5, 5.41) is 2.16. The van der Waals surface area contributed by atoms with Gasteiger partial charge in [0.25, 0.3) is 0 Å². The first-order valence-electron chi connectivity index (χ1n) is 7.11. The maximum atomic E-state index is 5.94. The summed E-state index contributed by atoms with van der Waals surface area (Å²) in [5.41, 5.74) is 5.14. The van der Waals surface area contributed by atoms with Gasteiger partial charge in [-0.25, -0.2) is 0 Å². The molecule has 0 saturated carbocycles. The fraction of sp³-hybridized carbons (Fsp3) is 0.100. The third-order valence-electron chi connectivity index (χ3n) is 3.65. The van der Waals surface area contributed by atoms with Crippen molar-refractivity contribution in [3.63, 3.8) is 0 Å². The fourth-order valence-corrected chi connectivity index (χ4v) is 2.52. The van der Waals surface area contributed by atoms with E-state index < -0.39 is 0 Å². The summed E-state index contributed by atoms with van der Waals surface area (Å²) in [6.45, 7) is 8.12. The van der Waals surface area contributed by atoms with Crippen LogP contribution in [0, 0.1) is 6.92 Å². The Morgan fingerprint density at radius 3 is 2.52 bits per heavy atom. The van der Waals surface area contributed by atoms with E-state index >= 15 is 0 Å². The van der Waals surface area contributed by atoms with Gasteiger partial charge in [0, 0.05) is 16.2 Å². The van der Waals surface area contributed by atoms with Gasteiger partial charge >= 0.3 is 0 Å². The molecule has 0 aliphatic carbocycles. The van der Waals surface area contributed by atoms with E-state index in [1.807, 2.05) is 25.2 Å². The van der Waals surface area contributed by atoms with Crippen molar-refractivity contribution in [2.45, 2.75) is 13.8 Å². The monoisotopic (exact) mass is 274 g/mol. The van der Waals surface area contributed by atoms with E-state index in [9.17, 15) is 0 Å². The highest BCUT2D eigenvalue weighted by molar-refractivity contribution is 5.93. The molecule has 0 aliphatic heterocycles. The van der Waals surface area contributed by atoms with Crippen LogP contribution in [0.2, 0.25) is 0 Å². The number of para-hydroxylation sites is 1. The van der Waals surface area contributed by atoms with E-state index in [-0.39, 0.29) is 0 Å². The average molecular weight is 274 g/mol. The normalized spacial score (nSPS) is 12.6. The van der Waals surface area contributed by atoms with Crippen LogP contribution in [-0.2, 0) is 0 Å². The summed E-state index contributed by atoms with van der Waals surface area (Å²) in [6.07, 6.45) is 6.06. The molecule has 21 heavy (non-hydrogen) atoms. The highest BCUT2D eigenvalue weighted by atomic mass is 16.3. The predicted octanol–water partition coefficient (Wildman–Crippen LogP) is 4.18. The number of aryl methyl sites for hydroxylation is 1. The van der Waals surface area contributed by atoms with Crippen molar-refractivity contribution in [2.24, 2.45) is 0 Å². The van der Waals surface area contributed by atoms with Gasteiger partial charge < -0.3 is 4.42 Å². The van der Waals surface area contributed by atoms with Crippen LogP contribution >= 0.6 is 0 Å². The highest BCUT2D eigenvalue weighted by Crippen LogP contribution is 2.26. The van der Waals surface area contributed by atoms with Gasteiger partial charge in [0.05, 0.1) is 0 Å². The van der Waals surface area contributed by atoms with Crippen molar-refractivity contribution in [3.05, 3.63) is 70.8 Å². The third-order valence-corrected chi connectivity index (χ3v) is 3.65. The lowest BCUT2D eigenvalue weighted by Crippen LogP contribution is -2.17. The van der Waals surface area contributed by atoms with E-state index in [0.29, 0.717) is 5.42 Å². The topological polar surface area (TPSA) is 13.1 Å². The van der Waals surface area contributed by atoms with Crippen LogP contribution in [0.25, 0.3) is 34.8 Å². The van der Waals surface area contributed by atoms with Crippen molar-refractivity contribution in [2.75, 3.05) is 0 Å². The Labute approximate surface area is 124 Å². The minimum absolute atomic E-state index is 0.711. The predicted molar refractivity (Wildman–Crippen MR) is 90.4 cm³/mol. The number of furan rings is 1. The van der Waals surface area contributed by atoms with Crippen LogP contribution in [0.15, 0.2) is 59.0 Å². The Bertz CT molecular complexity index is 909. The largest absolute Gasteiger partial charge is 0.456 e. The standard InChI is InChI=1S/C20H18O/c1-4-5-7-17-15(3)21-20-18(8-6-9-19(17)20)16-12-10-14(2)11-13-16/h4-13H,3H2,1-2H3/b5-4-,17-7+. The molecule has 0 bridgehead atoms. The Morgan fingerprint density at radius 1 is 1.05 bits per heavy atom. The summed E-state index contributed by atoms with van der Waals surface area (Å²) in [7, 11) is 0. The van der Waals surface area contributed by atoms with Gasteiger partial charge in [0.1, 0.15) is 11.0 Å². The Morgan fingerprint density at radius 2 is 1.81 bits per heavy atom.